The molecule has 2 aliphatic rings. The summed E-state index contributed by atoms with van der Waals surface area (Å²) in [4.78, 5) is 0. The predicted molar refractivity (Wildman–Crippen MR) is 256 cm³/mol. The molecule has 11 aromatic rings. The van der Waals surface area contributed by atoms with Crippen LogP contribution in [0.2, 0.25) is 0 Å². The number of benzene rings is 7. The van der Waals surface area contributed by atoms with Gasteiger partial charge in [-0.2, -0.15) is 13.2 Å². The van der Waals surface area contributed by atoms with Crippen molar-refractivity contribution in [2.45, 2.75) is 31.9 Å². The molecule has 0 spiro atoms. The molecule has 4 heterocycles. The van der Waals surface area contributed by atoms with Crippen molar-refractivity contribution in [1.82, 2.24) is 18.3 Å². The van der Waals surface area contributed by atoms with Gasteiger partial charge in [0.25, 0.3) is 0 Å². The Labute approximate surface area is 366 Å². The topological polar surface area (TPSA) is 19.7 Å². The molecule has 0 saturated heterocycles. The number of hydrogen-bond donors (Lipinski definition) is 0. The Bertz CT molecular complexity index is 3800. The van der Waals surface area contributed by atoms with Gasteiger partial charge in [-0.1, -0.05) is 145 Å². The molecule has 0 unspecified atom stereocenters. The van der Waals surface area contributed by atoms with Crippen molar-refractivity contribution in [3.8, 4) is 34.6 Å². The van der Waals surface area contributed by atoms with Gasteiger partial charge in [0.15, 0.2) is 0 Å². The summed E-state index contributed by atoms with van der Waals surface area (Å²) in [6.45, 7) is 0. The molecule has 64 heavy (non-hydrogen) atoms. The molecule has 0 aliphatic heterocycles. The lowest BCUT2D eigenvalue weighted by molar-refractivity contribution is -0.137. The van der Waals surface area contributed by atoms with Gasteiger partial charge in [-0.05, 0) is 55.3 Å². The van der Waals surface area contributed by atoms with Crippen molar-refractivity contribution in [1.29, 1.82) is 0 Å². The number of alkyl halides is 3. The van der Waals surface area contributed by atoms with Crippen molar-refractivity contribution in [2.24, 2.45) is 0 Å². The first kappa shape index (κ1) is 36.7. The molecule has 7 heteroatoms. The van der Waals surface area contributed by atoms with Gasteiger partial charge in [0.2, 0.25) is 0 Å². The fourth-order valence-corrected chi connectivity index (χ4v) is 10.9. The maximum Gasteiger partial charge on any atom is 0.420 e. The fraction of sp³-hybridized carbons (Fsp3) is 0.0877. The summed E-state index contributed by atoms with van der Waals surface area (Å²) in [7, 11) is 0. The molecule has 0 amide bonds. The highest BCUT2D eigenvalue weighted by atomic mass is 19.4. The Balaban J connectivity index is 1.35. The van der Waals surface area contributed by atoms with Crippen LogP contribution in [0.1, 0.15) is 40.9 Å². The third-order valence-electron chi connectivity index (χ3n) is 13.4. The number of nitrogens with zero attached hydrogens (tertiary/aromatic N) is 4. The maximum atomic E-state index is 17.7. The first-order valence-electron chi connectivity index (χ1n) is 21.8. The second-order valence-electron chi connectivity index (χ2n) is 16.7. The molecule has 4 aromatic heterocycles. The quantitative estimate of drug-likeness (QED) is 0.157. The highest BCUT2D eigenvalue weighted by Gasteiger charge is 2.43. The second kappa shape index (κ2) is 13.8. The van der Waals surface area contributed by atoms with E-state index in [4.69, 9.17) is 0 Å². The van der Waals surface area contributed by atoms with Gasteiger partial charge in [-0.3, -0.25) is 0 Å². The van der Waals surface area contributed by atoms with Crippen molar-refractivity contribution in [3.05, 3.63) is 192 Å². The minimum absolute atomic E-state index is 0.0550. The van der Waals surface area contributed by atoms with Crippen LogP contribution in [-0.4, -0.2) is 18.3 Å². The van der Waals surface area contributed by atoms with Crippen molar-refractivity contribution in [2.75, 3.05) is 0 Å². The number of halogens is 3. The van der Waals surface area contributed by atoms with Gasteiger partial charge in [0.1, 0.15) is 5.56 Å². The molecule has 2 aliphatic carbocycles. The minimum atomic E-state index is -4.88. The van der Waals surface area contributed by atoms with Crippen LogP contribution in [0, 0.1) is 11.8 Å². The van der Waals surface area contributed by atoms with Gasteiger partial charge < -0.3 is 18.3 Å². The minimum Gasteiger partial charge on any atom is -0.311 e. The first-order chi connectivity index (χ1) is 31.5. The van der Waals surface area contributed by atoms with Crippen molar-refractivity contribution >= 4 is 77.6 Å². The Hall–Kier alpha value is -7.95. The second-order valence-corrected chi connectivity index (χ2v) is 16.7. The zero-order valence-corrected chi connectivity index (χ0v) is 34.5. The molecule has 0 bridgehead atoms. The summed E-state index contributed by atoms with van der Waals surface area (Å²) in [5.41, 5.74) is 8.44. The third-order valence-corrected chi connectivity index (χ3v) is 13.4. The average molecular weight is 835 g/mol. The summed E-state index contributed by atoms with van der Waals surface area (Å²) in [5.74, 6) is 6.59. The number of rotatable bonds is 4. The standard InChI is InChI=1S/C57H37F3N4/c58-57(59,60)54-55(63-48-27-4-2-1-3-19-40(48)41-24-9-16-32-49(41)63)52(61-44-28-12-5-20-36(44)37-21-6-13-29-45(37)61)35-53(62-46-30-14-7-22-38(46)39-23-8-15-31-47(39)62)56(54)64-50-33-17-10-25-42(50)43-26-11-18-34-51(43)64/h3,5-12,14-26,28,30-35H,1,13,27,29H2/b19-3-. The summed E-state index contributed by atoms with van der Waals surface area (Å²) in [6.07, 6.45) is 5.77. The smallest absolute Gasteiger partial charge is 0.311 e. The summed E-state index contributed by atoms with van der Waals surface area (Å²) in [6, 6.07) is 49.8. The molecular weight excluding hydrogens is 798 g/mol. The Kier molecular flexibility index (Phi) is 7.90. The molecular formula is C57H37F3N4. The Morgan fingerprint density at radius 3 is 1.39 bits per heavy atom. The van der Waals surface area contributed by atoms with E-state index in [0.29, 0.717) is 40.8 Å². The normalized spacial score (nSPS) is 14.3. The first-order valence-corrected chi connectivity index (χ1v) is 21.8. The van der Waals surface area contributed by atoms with Gasteiger partial charge in [-0.15, -0.1) is 0 Å². The monoisotopic (exact) mass is 834 g/mol. The zero-order chi connectivity index (χ0) is 42.7. The van der Waals surface area contributed by atoms with E-state index < -0.39 is 11.7 Å². The van der Waals surface area contributed by atoms with E-state index in [0.717, 1.165) is 77.8 Å². The number of para-hydroxylation sites is 6. The molecule has 0 radical (unpaired) electrons. The van der Waals surface area contributed by atoms with Crippen LogP contribution in [0.4, 0.5) is 13.2 Å². The van der Waals surface area contributed by atoms with Crippen molar-refractivity contribution in [3.63, 3.8) is 0 Å². The fourth-order valence-electron chi connectivity index (χ4n) is 10.9. The number of allylic oxidation sites excluding steroid dienone is 2. The summed E-state index contributed by atoms with van der Waals surface area (Å²) >= 11 is 0. The van der Waals surface area contributed by atoms with E-state index in [1.807, 2.05) is 149 Å². The Morgan fingerprint density at radius 1 is 0.422 bits per heavy atom. The van der Waals surface area contributed by atoms with E-state index in [2.05, 4.69) is 57.4 Å². The molecule has 0 N–H and O–H groups in total. The van der Waals surface area contributed by atoms with Crippen molar-refractivity contribution < 1.29 is 13.2 Å². The van der Waals surface area contributed by atoms with E-state index in [9.17, 15) is 0 Å². The molecule has 0 atom stereocenters. The van der Waals surface area contributed by atoms with Gasteiger partial charge in [-0.25, -0.2) is 0 Å². The predicted octanol–water partition coefficient (Wildman–Crippen LogP) is 14.7. The van der Waals surface area contributed by atoms with Crippen LogP contribution < -0.4 is 0 Å². The zero-order valence-electron chi connectivity index (χ0n) is 34.5. The largest absolute Gasteiger partial charge is 0.420 e. The number of aromatic nitrogens is 4. The van der Waals surface area contributed by atoms with Gasteiger partial charge >= 0.3 is 6.18 Å². The highest BCUT2D eigenvalue weighted by molar-refractivity contribution is 6.12. The lowest BCUT2D eigenvalue weighted by Gasteiger charge is -2.29. The van der Waals surface area contributed by atoms with E-state index >= 15 is 13.2 Å². The van der Waals surface area contributed by atoms with E-state index in [1.165, 1.54) is 0 Å². The van der Waals surface area contributed by atoms with Gasteiger partial charge in [0, 0.05) is 61.3 Å². The van der Waals surface area contributed by atoms with Crippen LogP contribution in [0.15, 0.2) is 164 Å². The van der Waals surface area contributed by atoms with E-state index in [1.54, 1.807) is 0 Å². The number of hydrogen-bond acceptors (Lipinski definition) is 0. The van der Waals surface area contributed by atoms with Crippen LogP contribution >= 0.6 is 0 Å². The van der Waals surface area contributed by atoms with Gasteiger partial charge in [0.05, 0.1) is 62.3 Å². The Morgan fingerprint density at radius 2 is 0.844 bits per heavy atom. The van der Waals surface area contributed by atoms with Crippen LogP contribution in [0.5, 0.6) is 0 Å². The average Bonchev–Trinajstić information content (AvgIpc) is 4.03. The SMILES string of the molecule is FC(F)(F)c1c(-n2c3c(c4ccccc42)/C=C\CC#CC3)c(-n2c3c(c4ccccc42)C=CCC3)cc(-n2c3ccccc3c3ccccc32)c1-n1c2ccccc2c2ccccc21. The van der Waals surface area contributed by atoms with E-state index in [-0.39, 0.29) is 17.8 Å². The molecule has 0 fully saturated rings. The number of fused-ring (bicyclic) bond motifs is 12. The lowest BCUT2D eigenvalue weighted by Crippen LogP contribution is -2.22. The van der Waals surface area contributed by atoms with Crippen LogP contribution in [0.3, 0.4) is 0 Å². The van der Waals surface area contributed by atoms with Crippen LogP contribution in [-0.2, 0) is 19.0 Å². The molecule has 0 saturated carbocycles. The molecule has 7 aromatic carbocycles. The summed E-state index contributed by atoms with van der Waals surface area (Å²) < 4.78 is 61.1. The lowest BCUT2D eigenvalue weighted by atomic mass is 10.0. The molecule has 306 valence electrons. The maximum absolute atomic E-state index is 17.7. The molecule has 4 nitrogen and oxygen atoms in total. The third kappa shape index (κ3) is 5.14. The van der Waals surface area contributed by atoms with Crippen LogP contribution in [0.25, 0.3) is 100 Å². The molecule has 13 rings (SSSR count). The highest BCUT2D eigenvalue weighted by Crippen LogP contribution is 2.51. The summed E-state index contributed by atoms with van der Waals surface area (Å²) in [5, 5.41) is 5.55.